The Kier molecular flexibility index (Phi) is 2.64. The molecule has 0 unspecified atom stereocenters. The van der Waals surface area contributed by atoms with Crippen LogP contribution in [-0.4, -0.2) is 12.0 Å². The van der Waals surface area contributed by atoms with Gasteiger partial charge in [-0.05, 0) is 24.3 Å². The van der Waals surface area contributed by atoms with E-state index >= 15 is 0 Å². The van der Waals surface area contributed by atoms with Crippen molar-refractivity contribution in [3.63, 3.8) is 0 Å². The minimum absolute atomic E-state index is 0.146. The van der Waals surface area contributed by atoms with Crippen LogP contribution >= 0.6 is 0 Å². The van der Waals surface area contributed by atoms with E-state index in [2.05, 4.69) is 0 Å². The molecule has 0 amide bonds. The highest BCUT2D eigenvalue weighted by molar-refractivity contribution is 5.91. The number of non-ortho nitro benzene ring substituents is 1. The molecule has 0 aliphatic carbocycles. The minimum Gasteiger partial charge on any atom is -0.497 e. The summed E-state index contributed by atoms with van der Waals surface area (Å²) < 4.78 is 10.6. The van der Waals surface area contributed by atoms with Crippen LogP contribution in [0, 0.1) is 10.1 Å². The summed E-state index contributed by atoms with van der Waals surface area (Å²) in [6, 6.07) is 8.83. The van der Waals surface area contributed by atoms with Crippen LogP contribution in [0.1, 0.15) is 0 Å². The molecule has 0 aliphatic rings. The van der Waals surface area contributed by atoms with Crippen LogP contribution in [0.5, 0.6) is 5.75 Å². The molecule has 2 aromatic carbocycles. The second kappa shape index (κ2) is 4.34. The van der Waals surface area contributed by atoms with E-state index < -0.39 is 4.92 Å². The largest absolute Gasteiger partial charge is 0.497 e. The van der Waals surface area contributed by atoms with Crippen LogP contribution in [0.3, 0.4) is 0 Å². The number of fused-ring (bicyclic) bond motifs is 2. The average Bonchev–Trinajstić information content (AvgIpc) is 2.47. The fourth-order valence-electron chi connectivity index (χ4n) is 2.06. The van der Waals surface area contributed by atoms with Crippen LogP contribution < -0.4 is 10.2 Å². The van der Waals surface area contributed by atoms with E-state index in [9.17, 15) is 14.9 Å². The van der Waals surface area contributed by atoms with Gasteiger partial charge in [-0.1, -0.05) is 0 Å². The number of methoxy groups -OCH3 is 1. The predicted molar refractivity (Wildman–Crippen MR) is 73.2 cm³/mol. The lowest BCUT2D eigenvalue weighted by atomic mass is 10.1. The highest BCUT2D eigenvalue weighted by atomic mass is 16.6. The van der Waals surface area contributed by atoms with Gasteiger partial charge in [-0.15, -0.1) is 0 Å². The van der Waals surface area contributed by atoms with Gasteiger partial charge in [0.15, 0.2) is 0 Å². The Bertz CT molecular complexity index is 897. The van der Waals surface area contributed by atoms with Gasteiger partial charge in [-0.25, -0.2) is 0 Å². The molecule has 3 aromatic rings. The van der Waals surface area contributed by atoms with E-state index in [1.54, 1.807) is 18.2 Å². The number of rotatable bonds is 2. The molecule has 1 aromatic heterocycles. The van der Waals surface area contributed by atoms with E-state index in [1.807, 2.05) is 0 Å². The summed E-state index contributed by atoms with van der Waals surface area (Å²) in [6.07, 6.45) is 0. The zero-order valence-electron chi connectivity index (χ0n) is 10.5. The molecule has 20 heavy (non-hydrogen) atoms. The molecular weight excluding hydrogens is 262 g/mol. The monoisotopic (exact) mass is 271 g/mol. The summed E-state index contributed by atoms with van der Waals surface area (Å²) in [4.78, 5) is 22.6. The zero-order chi connectivity index (χ0) is 14.3. The van der Waals surface area contributed by atoms with E-state index in [0.717, 1.165) is 0 Å². The smallest absolute Gasteiger partial charge is 0.270 e. The number of hydrogen-bond donors (Lipinski definition) is 0. The van der Waals surface area contributed by atoms with Gasteiger partial charge in [0.1, 0.15) is 16.9 Å². The van der Waals surface area contributed by atoms with Crippen molar-refractivity contribution in [1.82, 2.24) is 0 Å². The van der Waals surface area contributed by atoms with Crippen LogP contribution in [0.4, 0.5) is 5.69 Å². The summed E-state index contributed by atoms with van der Waals surface area (Å²) >= 11 is 0. The highest BCUT2D eigenvalue weighted by Gasteiger charge is 2.13. The average molecular weight is 271 g/mol. The molecule has 0 radical (unpaired) electrons. The first-order valence-electron chi connectivity index (χ1n) is 5.79. The van der Waals surface area contributed by atoms with Crippen LogP contribution in [0.25, 0.3) is 21.9 Å². The Morgan fingerprint density at radius 3 is 2.40 bits per heavy atom. The van der Waals surface area contributed by atoms with Crippen molar-refractivity contribution in [2.24, 2.45) is 0 Å². The lowest BCUT2D eigenvalue weighted by Crippen LogP contribution is -2.03. The Labute approximate surface area is 112 Å². The van der Waals surface area contributed by atoms with Crippen LogP contribution in [0.15, 0.2) is 45.6 Å². The van der Waals surface area contributed by atoms with Gasteiger partial charge in [0.25, 0.3) is 5.69 Å². The zero-order valence-corrected chi connectivity index (χ0v) is 10.5. The number of hydrogen-bond acceptors (Lipinski definition) is 5. The van der Waals surface area contributed by atoms with E-state index in [0.29, 0.717) is 22.3 Å². The lowest BCUT2D eigenvalue weighted by molar-refractivity contribution is -0.384. The maximum Gasteiger partial charge on any atom is 0.270 e. The summed E-state index contributed by atoms with van der Waals surface area (Å²) in [5.41, 5.74) is 0.270. The third-order valence-corrected chi connectivity index (χ3v) is 3.07. The summed E-state index contributed by atoms with van der Waals surface area (Å²) in [6.45, 7) is 0. The maximum atomic E-state index is 12.4. The van der Waals surface area contributed by atoms with Crippen molar-refractivity contribution in [2.75, 3.05) is 7.11 Å². The third kappa shape index (κ3) is 1.78. The molecule has 1 heterocycles. The minimum atomic E-state index is -0.547. The van der Waals surface area contributed by atoms with Crippen molar-refractivity contribution in [2.45, 2.75) is 0 Å². The number of nitrogens with zero attached hydrogens (tertiary/aromatic N) is 1. The van der Waals surface area contributed by atoms with E-state index in [1.165, 1.54) is 25.3 Å². The normalized spacial score (nSPS) is 10.8. The molecule has 3 rings (SSSR count). The molecule has 0 bridgehead atoms. The first-order valence-corrected chi connectivity index (χ1v) is 5.79. The fraction of sp³-hybridized carbons (Fsp3) is 0.0714. The molecule has 0 saturated carbocycles. The van der Waals surface area contributed by atoms with Gasteiger partial charge >= 0.3 is 0 Å². The SMILES string of the molecule is COc1ccc2oc3ccc([N+](=O)[O-])cc3c(=O)c2c1. The molecule has 0 spiro atoms. The van der Waals surface area contributed by atoms with Crippen molar-refractivity contribution in [3.05, 3.63) is 56.7 Å². The van der Waals surface area contributed by atoms with Crippen LogP contribution in [-0.2, 0) is 0 Å². The third-order valence-electron chi connectivity index (χ3n) is 3.07. The molecule has 100 valence electrons. The van der Waals surface area contributed by atoms with Crippen molar-refractivity contribution >= 4 is 27.6 Å². The first kappa shape index (κ1) is 12.2. The van der Waals surface area contributed by atoms with Crippen molar-refractivity contribution in [1.29, 1.82) is 0 Å². The molecule has 0 aliphatic heterocycles. The van der Waals surface area contributed by atoms with Gasteiger partial charge in [-0.3, -0.25) is 14.9 Å². The van der Waals surface area contributed by atoms with Crippen molar-refractivity contribution < 1.29 is 14.1 Å². The van der Waals surface area contributed by atoms with Crippen molar-refractivity contribution in [3.8, 4) is 5.75 Å². The van der Waals surface area contributed by atoms with Gasteiger partial charge in [0, 0.05) is 12.1 Å². The topological polar surface area (TPSA) is 82.6 Å². The number of nitro benzene ring substituents is 1. The van der Waals surface area contributed by atoms with Gasteiger partial charge in [0.2, 0.25) is 5.43 Å². The first-order chi connectivity index (χ1) is 9.60. The predicted octanol–water partition coefficient (Wildman–Crippen LogP) is 2.86. The number of benzene rings is 2. The molecule has 0 saturated heterocycles. The quantitative estimate of drug-likeness (QED) is 0.406. The Balaban J connectivity index is 2.42. The standard InChI is InChI=1S/C14H9NO5/c1-19-9-3-5-13-11(7-9)14(16)10-6-8(15(17)18)2-4-12(10)20-13/h2-7H,1H3. The molecular formula is C14H9NO5. The van der Waals surface area contributed by atoms with E-state index in [-0.39, 0.29) is 16.5 Å². The Morgan fingerprint density at radius 2 is 1.75 bits per heavy atom. The second-order valence-electron chi connectivity index (χ2n) is 4.23. The van der Waals surface area contributed by atoms with Crippen LogP contribution in [0.2, 0.25) is 0 Å². The summed E-state index contributed by atoms with van der Waals surface area (Å²) in [5, 5.41) is 11.3. The van der Waals surface area contributed by atoms with E-state index in [4.69, 9.17) is 9.15 Å². The number of nitro groups is 1. The molecule has 6 nitrogen and oxygen atoms in total. The summed E-state index contributed by atoms with van der Waals surface area (Å²) in [7, 11) is 1.49. The molecule has 0 fully saturated rings. The fourth-order valence-corrected chi connectivity index (χ4v) is 2.06. The lowest BCUT2D eigenvalue weighted by Gasteiger charge is -2.03. The van der Waals surface area contributed by atoms with Gasteiger partial charge in [0.05, 0.1) is 22.8 Å². The molecule has 0 N–H and O–H groups in total. The second-order valence-corrected chi connectivity index (χ2v) is 4.23. The maximum absolute atomic E-state index is 12.4. The highest BCUT2D eigenvalue weighted by Crippen LogP contribution is 2.24. The molecule has 6 heteroatoms. The van der Waals surface area contributed by atoms with Gasteiger partial charge < -0.3 is 9.15 Å². The summed E-state index contributed by atoms with van der Waals surface area (Å²) in [5.74, 6) is 0.523. The number of ether oxygens (including phenoxy) is 1. The van der Waals surface area contributed by atoms with Gasteiger partial charge in [-0.2, -0.15) is 0 Å². The Morgan fingerprint density at radius 1 is 1.10 bits per heavy atom. The Hall–Kier alpha value is -2.89. The molecule has 0 atom stereocenters.